The number of carbonyl (C=O) groups excluding carboxylic acids is 3. The highest BCUT2D eigenvalue weighted by Crippen LogP contribution is 2.37. The first-order valence-electron chi connectivity index (χ1n) is 18.1. The average Bonchev–Trinajstić information content (AvgIpc) is 3.51. The minimum Gasteiger partial charge on any atom is -0.387 e. The van der Waals surface area contributed by atoms with Crippen molar-refractivity contribution < 1.29 is 29.0 Å². The van der Waals surface area contributed by atoms with E-state index in [1.165, 1.54) is 11.1 Å². The topological polar surface area (TPSA) is 108 Å². The Morgan fingerprint density at radius 3 is 2.23 bits per heavy atom. The number of nitrogens with one attached hydrogen (secondary N) is 1. The quantitative estimate of drug-likeness (QED) is 0.192. The minimum atomic E-state index is -0.807. The summed E-state index contributed by atoms with van der Waals surface area (Å²) in [4.78, 5) is 44.3. The summed E-state index contributed by atoms with van der Waals surface area (Å²) in [7, 11) is 5.03. The Kier molecular flexibility index (Phi) is 16.1. The van der Waals surface area contributed by atoms with Crippen molar-refractivity contribution in [1.29, 1.82) is 0 Å². The fourth-order valence-corrected chi connectivity index (χ4v) is 7.88. The summed E-state index contributed by atoms with van der Waals surface area (Å²) in [6.45, 7) is 21.1. The van der Waals surface area contributed by atoms with Gasteiger partial charge in [-0.25, -0.2) is 0 Å². The smallest absolute Gasteiger partial charge is 0.225 e. The number of hydrogen-bond acceptors (Lipinski definition) is 6. The second kappa shape index (κ2) is 18.5. The first kappa shape index (κ1) is 40.9. The van der Waals surface area contributed by atoms with E-state index in [2.05, 4.69) is 52.9 Å². The number of ether oxygens (including phenoxy) is 2. The number of allylic oxidation sites excluding steroid dienone is 3. The van der Waals surface area contributed by atoms with Gasteiger partial charge in [-0.15, -0.1) is 0 Å². The molecule has 1 fully saturated rings. The van der Waals surface area contributed by atoms with E-state index in [9.17, 15) is 19.5 Å². The van der Waals surface area contributed by atoms with E-state index in [1.807, 2.05) is 39.6 Å². The van der Waals surface area contributed by atoms with Gasteiger partial charge in [-0.2, -0.15) is 0 Å². The van der Waals surface area contributed by atoms with Gasteiger partial charge >= 0.3 is 0 Å². The largest absolute Gasteiger partial charge is 0.387 e. The third kappa shape index (κ3) is 9.91. The van der Waals surface area contributed by atoms with E-state index in [0.29, 0.717) is 13.0 Å². The first-order valence-corrected chi connectivity index (χ1v) is 18.1. The van der Waals surface area contributed by atoms with Crippen LogP contribution < -0.4 is 5.32 Å². The number of likely N-dealkylation sites (tertiary alicyclic amines) is 1. The molecule has 270 valence electrons. The second-order valence-electron chi connectivity index (χ2n) is 14.7. The first-order chi connectivity index (χ1) is 22.0. The van der Waals surface area contributed by atoms with Crippen molar-refractivity contribution >= 4 is 17.7 Å². The fourth-order valence-electron chi connectivity index (χ4n) is 7.88. The van der Waals surface area contributed by atoms with Gasteiger partial charge in [0.25, 0.3) is 0 Å². The number of hydrogen-bond donors (Lipinski definition) is 2. The molecule has 0 spiro atoms. The van der Waals surface area contributed by atoms with Crippen LogP contribution in [0, 0.1) is 29.6 Å². The van der Waals surface area contributed by atoms with Crippen LogP contribution in [0.15, 0.2) is 22.8 Å². The maximum Gasteiger partial charge on any atom is 0.225 e. The van der Waals surface area contributed by atoms with Crippen molar-refractivity contribution in [2.45, 2.75) is 144 Å². The molecule has 0 aromatic heterocycles. The third-order valence-electron chi connectivity index (χ3n) is 11.1. The number of nitrogens with zero attached hydrogens (tertiary/aromatic N) is 2. The summed E-state index contributed by atoms with van der Waals surface area (Å²) in [6, 6.07) is -0.998. The Morgan fingerprint density at radius 2 is 1.70 bits per heavy atom. The molecular formula is C38H67N3O6. The molecular weight excluding hydrogens is 594 g/mol. The Bertz CT molecular complexity index is 1120. The molecule has 10 atom stereocenters. The maximum atomic E-state index is 13.9. The lowest BCUT2D eigenvalue weighted by atomic mass is 9.75. The van der Waals surface area contributed by atoms with E-state index in [4.69, 9.17) is 9.47 Å². The van der Waals surface area contributed by atoms with E-state index in [0.717, 1.165) is 31.3 Å². The van der Waals surface area contributed by atoms with Crippen molar-refractivity contribution in [1.82, 2.24) is 15.1 Å². The maximum absolute atomic E-state index is 13.9. The van der Waals surface area contributed by atoms with Gasteiger partial charge in [0.05, 0.1) is 48.8 Å². The number of amides is 3. The van der Waals surface area contributed by atoms with Gasteiger partial charge < -0.3 is 29.7 Å². The molecule has 1 aliphatic heterocycles. The Balaban J connectivity index is 2.17. The average molecular weight is 662 g/mol. The van der Waals surface area contributed by atoms with Crippen molar-refractivity contribution in [2.75, 3.05) is 27.8 Å². The molecule has 1 aliphatic carbocycles. The van der Waals surface area contributed by atoms with Crippen LogP contribution in [0.3, 0.4) is 0 Å². The molecule has 2 rings (SSSR count). The number of carbonyl (C=O) groups is 3. The summed E-state index contributed by atoms with van der Waals surface area (Å²) in [5.74, 6) is -0.0220. The van der Waals surface area contributed by atoms with Gasteiger partial charge in [-0.1, -0.05) is 79.0 Å². The van der Waals surface area contributed by atoms with Crippen molar-refractivity contribution in [2.24, 2.45) is 29.6 Å². The fraction of sp³-hybridized carbons (Fsp3) is 0.816. The zero-order chi connectivity index (χ0) is 35.7. The Hall–Kier alpha value is -2.23. The van der Waals surface area contributed by atoms with Gasteiger partial charge in [0, 0.05) is 40.2 Å². The predicted octanol–water partition coefficient (Wildman–Crippen LogP) is 5.76. The van der Waals surface area contributed by atoms with Crippen LogP contribution in [0.1, 0.15) is 108 Å². The minimum absolute atomic E-state index is 0.0543. The van der Waals surface area contributed by atoms with Crippen LogP contribution in [0.25, 0.3) is 0 Å². The normalized spacial score (nSPS) is 24.7. The van der Waals surface area contributed by atoms with Crippen LogP contribution in [0.2, 0.25) is 0 Å². The number of rotatable bonds is 17. The molecule has 0 bridgehead atoms. The lowest BCUT2D eigenvalue weighted by Crippen LogP contribution is -2.54. The van der Waals surface area contributed by atoms with Crippen molar-refractivity contribution in [3.05, 3.63) is 22.8 Å². The van der Waals surface area contributed by atoms with E-state index in [1.54, 1.807) is 19.1 Å². The van der Waals surface area contributed by atoms with E-state index in [-0.39, 0.29) is 59.9 Å². The molecule has 0 aromatic carbocycles. The number of aliphatic hydroxyl groups is 1. The van der Waals surface area contributed by atoms with Crippen molar-refractivity contribution in [3.63, 3.8) is 0 Å². The molecule has 1 heterocycles. The molecule has 3 unspecified atom stereocenters. The zero-order valence-corrected chi connectivity index (χ0v) is 31.8. The molecule has 3 amide bonds. The lowest BCUT2D eigenvalue weighted by Gasteiger charge is -2.39. The standard InChI is InChI=1S/C38H67N3O6/c1-14-23(5)35(40(11)33(42)19-22(3)4)32(46-12)21-34(43)41-18-16-17-31(41)37(47-13)27(9)38(45)39-28(10)36(44)30-20-24(6)25(7)29(15-2)26(30)8/h20,22-24,26-28,31-32,35-37,44H,14-19,21H2,1-13H3,(H,39,45)/t23-,24?,26?,27+,28+,31-,32+,35-,36+,37?/m0/s1. The third-order valence-corrected chi connectivity index (χ3v) is 11.1. The van der Waals surface area contributed by atoms with Crippen LogP contribution in [0.5, 0.6) is 0 Å². The highest BCUT2D eigenvalue weighted by Gasteiger charge is 2.42. The molecule has 0 saturated carbocycles. The monoisotopic (exact) mass is 662 g/mol. The van der Waals surface area contributed by atoms with Crippen LogP contribution in [0.4, 0.5) is 0 Å². The number of likely N-dealkylation sites (N-methyl/N-ethyl adjacent to an activating group) is 1. The van der Waals surface area contributed by atoms with Crippen LogP contribution >= 0.6 is 0 Å². The Morgan fingerprint density at radius 1 is 1.06 bits per heavy atom. The lowest BCUT2D eigenvalue weighted by molar-refractivity contribution is -0.146. The molecule has 2 aliphatic rings. The highest BCUT2D eigenvalue weighted by molar-refractivity contribution is 5.81. The number of methoxy groups -OCH3 is 2. The molecule has 1 saturated heterocycles. The van der Waals surface area contributed by atoms with Crippen molar-refractivity contribution in [3.8, 4) is 0 Å². The van der Waals surface area contributed by atoms with Gasteiger partial charge in [0.2, 0.25) is 17.7 Å². The van der Waals surface area contributed by atoms with Gasteiger partial charge in [-0.05, 0) is 56.4 Å². The molecule has 0 aromatic rings. The zero-order valence-electron chi connectivity index (χ0n) is 31.8. The van der Waals surface area contributed by atoms with E-state index >= 15 is 0 Å². The van der Waals surface area contributed by atoms with E-state index < -0.39 is 30.3 Å². The van der Waals surface area contributed by atoms with Crippen LogP contribution in [-0.2, 0) is 23.9 Å². The summed E-state index contributed by atoms with van der Waals surface area (Å²) in [5, 5.41) is 14.4. The summed E-state index contributed by atoms with van der Waals surface area (Å²) >= 11 is 0. The predicted molar refractivity (Wildman–Crippen MR) is 189 cm³/mol. The molecule has 47 heavy (non-hydrogen) atoms. The number of aliphatic hydroxyl groups excluding tert-OH is 1. The summed E-state index contributed by atoms with van der Waals surface area (Å²) in [6.07, 6.45) is 4.27. The SMILES string of the molecule is CCC1=C(C)C(C)C=C([C@H](O)[C@@H](C)NC(=O)[C@H](C)C(OC)[C@@H]2CCCN2C(=O)C[C@@H](OC)[C@H]([C@@H](C)CC)N(C)C(=O)CC(C)C)C1C. The summed E-state index contributed by atoms with van der Waals surface area (Å²) in [5.41, 5.74) is 3.67. The van der Waals surface area contributed by atoms with Gasteiger partial charge in [0.1, 0.15) is 0 Å². The molecule has 9 heteroatoms. The van der Waals surface area contributed by atoms with Gasteiger partial charge in [0.15, 0.2) is 0 Å². The molecule has 9 nitrogen and oxygen atoms in total. The van der Waals surface area contributed by atoms with Gasteiger partial charge in [-0.3, -0.25) is 14.4 Å². The Labute approximate surface area is 285 Å². The summed E-state index contributed by atoms with van der Waals surface area (Å²) < 4.78 is 11.9. The molecule has 0 radical (unpaired) electrons. The highest BCUT2D eigenvalue weighted by atomic mass is 16.5. The van der Waals surface area contributed by atoms with Crippen LogP contribution in [-0.4, -0.2) is 96.9 Å². The molecule has 2 N–H and O–H groups in total. The second-order valence-corrected chi connectivity index (χ2v) is 14.7.